The maximum atomic E-state index is 5.80. The summed E-state index contributed by atoms with van der Waals surface area (Å²) in [6, 6.07) is 6.33. The molecule has 4 nitrogen and oxygen atoms in total. The summed E-state index contributed by atoms with van der Waals surface area (Å²) in [5, 5.41) is 11.9. The van der Waals surface area contributed by atoms with Crippen molar-refractivity contribution in [2.24, 2.45) is 0 Å². The first-order chi connectivity index (χ1) is 10.1. The third kappa shape index (κ3) is 4.61. The first-order valence-electron chi connectivity index (χ1n) is 6.97. The summed E-state index contributed by atoms with van der Waals surface area (Å²) in [5.41, 5.74) is 2.67. The lowest BCUT2D eigenvalue weighted by molar-refractivity contribution is 0.343. The number of benzene rings is 1. The number of aromatic nitrogens is 2. The van der Waals surface area contributed by atoms with E-state index in [1.807, 2.05) is 7.05 Å². The van der Waals surface area contributed by atoms with E-state index in [4.69, 9.17) is 4.74 Å². The van der Waals surface area contributed by atoms with Crippen molar-refractivity contribution in [2.75, 3.05) is 24.7 Å². The fourth-order valence-corrected chi connectivity index (χ4v) is 3.64. The summed E-state index contributed by atoms with van der Waals surface area (Å²) < 4.78 is 6.76. The number of ether oxygens (including phenoxy) is 1. The van der Waals surface area contributed by atoms with E-state index in [1.54, 1.807) is 23.1 Å². The van der Waals surface area contributed by atoms with Crippen LogP contribution < -0.4 is 10.1 Å². The van der Waals surface area contributed by atoms with Gasteiger partial charge in [0.1, 0.15) is 5.75 Å². The normalized spacial score (nSPS) is 10.9. The van der Waals surface area contributed by atoms with E-state index >= 15 is 0 Å². The lowest BCUT2D eigenvalue weighted by Gasteiger charge is -2.12. The van der Waals surface area contributed by atoms with Gasteiger partial charge in [-0.15, -0.1) is 10.2 Å². The van der Waals surface area contributed by atoms with E-state index in [2.05, 4.69) is 54.5 Å². The minimum atomic E-state index is 0.549. The van der Waals surface area contributed by atoms with Crippen LogP contribution in [0.1, 0.15) is 30.9 Å². The van der Waals surface area contributed by atoms with Crippen molar-refractivity contribution in [3.63, 3.8) is 0 Å². The molecule has 1 heterocycles. The Labute approximate surface area is 134 Å². The van der Waals surface area contributed by atoms with Crippen molar-refractivity contribution in [1.82, 2.24) is 10.2 Å². The van der Waals surface area contributed by atoms with Crippen LogP contribution in [0.5, 0.6) is 5.75 Å². The Kier molecular flexibility index (Phi) is 5.87. The van der Waals surface area contributed by atoms with Gasteiger partial charge < -0.3 is 10.1 Å². The molecule has 21 heavy (non-hydrogen) atoms. The number of hydrogen-bond acceptors (Lipinski definition) is 6. The molecule has 0 amide bonds. The van der Waals surface area contributed by atoms with E-state index in [9.17, 15) is 0 Å². The molecule has 0 aliphatic heterocycles. The lowest BCUT2D eigenvalue weighted by Crippen LogP contribution is -2.01. The summed E-state index contributed by atoms with van der Waals surface area (Å²) >= 11 is 3.23. The topological polar surface area (TPSA) is 47.0 Å². The van der Waals surface area contributed by atoms with Gasteiger partial charge in [-0.25, -0.2) is 0 Å². The van der Waals surface area contributed by atoms with Gasteiger partial charge in [0.15, 0.2) is 4.34 Å². The van der Waals surface area contributed by atoms with E-state index in [0.717, 1.165) is 21.0 Å². The van der Waals surface area contributed by atoms with Crippen molar-refractivity contribution in [3.8, 4) is 5.75 Å². The zero-order valence-corrected chi connectivity index (χ0v) is 14.5. The highest BCUT2D eigenvalue weighted by atomic mass is 32.2. The van der Waals surface area contributed by atoms with Crippen LogP contribution in [-0.4, -0.2) is 29.6 Å². The second-order valence-electron chi connectivity index (χ2n) is 4.99. The van der Waals surface area contributed by atoms with E-state index in [0.29, 0.717) is 12.5 Å². The quantitative estimate of drug-likeness (QED) is 0.612. The Morgan fingerprint density at radius 1 is 1.33 bits per heavy atom. The van der Waals surface area contributed by atoms with Crippen LogP contribution in [0, 0.1) is 6.92 Å². The monoisotopic (exact) mass is 323 g/mol. The Bertz CT molecular complexity index is 584. The van der Waals surface area contributed by atoms with Crippen LogP contribution in [0.4, 0.5) is 5.13 Å². The number of rotatable bonds is 7. The first kappa shape index (κ1) is 16.1. The maximum absolute atomic E-state index is 5.80. The molecule has 0 aliphatic carbocycles. The number of hydrogen-bond donors (Lipinski definition) is 1. The van der Waals surface area contributed by atoms with Crippen LogP contribution in [0.25, 0.3) is 0 Å². The lowest BCUT2D eigenvalue weighted by atomic mass is 9.98. The minimum absolute atomic E-state index is 0.549. The largest absolute Gasteiger partial charge is 0.493 e. The molecule has 1 N–H and O–H groups in total. The van der Waals surface area contributed by atoms with Crippen LogP contribution in [0.3, 0.4) is 0 Å². The van der Waals surface area contributed by atoms with E-state index < -0.39 is 0 Å². The van der Waals surface area contributed by atoms with Gasteiger partial charge in [-0.1, -0.05) is 43.0 Å². The number of thioether (sulfide) groups is 1. The molecule has 0 fully saturated rings. The molecule has 1 aromatic heterocycles. The number of nitrogens with one attached hydrogen (secondary N) is 1. The minimum Gasteiger partial charge on any atom is -0.493 e. The molecule has 2 aromatic rings. The molecular formula is C15H21N3OS2. The second-order valence-corrected chi connectivity index (χ2v) is 7.31. The average molecular weight is 323 g/mol. The Morgan fingerprint density at radius 2 is 2.14 bits per heavy atom. The second kappa shape index (κ2) is 7.66. The third-order valence-corrected chi connectivity index (χ3v) is 5.10. The van der Waals surface area contributed by atoms with Gasteiger partial charge in [0, 0.05) is 12.8 Å². The molecule has 114 valence electrons. The van der Waals surface area contributed by atoms with Gasteiger partial charge in [-0.05, 0) is 36.1 Å². The SMILES string of the molecule is CNc1nnc(SCCOc2ccc(C(C)C)c(C)c2)s1. The van der Waals surface area contributed by atoms with Crippen LogP contribution in [-0.2, 0) is 0 Å². The average Bonchev–Trinajstić information content (AvgIpc) is 2.91. The summed E-state index contributed by atoms with van der Waals surface area (Å²) in [6.45, 7) is 7.22. The molecular weight excluding hydrogens is 302 g/mol. The van der Waals surface area contributed by atoms with Gasteiger partial charge in [0.05, 0.1) is 6.61 Å². The van der Waals surface area contributed by atoms with Crippen LogP contribution in [0.15, 0.2) is 22.5 Å². The molecule has 6 heteroatoms. The zero-order chi connectivity index (χ0) is 15.2. The van der Waals surface area contributed by atoms with Gasteiger partial charge in [-0.2, -0.15) is 0 Å². The summed E-state index contributed by atoms with van der Waals surface area (Å²) in [5.74, 6) is 2.35. The van der Waals surface area contributed by atoms with E-state index in [1.165, 1.54) is 11.1 Å². The molecule has 0 saturated heterocycles. The van der Waals surface area contributed by atoms with Crippen molar-refractivity contribution in [1.29, 1.82) is 0 Å². The number of anilines is 1. The predicted octanol–water partition coefficient (Wildman–Crippen LogP) is 4.18. The first-order valence-corrected chi connectivity index (χ1v) is 8.77. The zero-order valence-electron chi connectivity index (χ0n) is 12.8. The summed E-state index contributed by atoms with van der Waals surface area (Å²) in [4.78, 5) is 0. The Hall–Kier alpha value is -1.27. The molecule has 0 radical (unpaired) electrons. The summed E-state index contributed by atoms with van der Waals surface area (Å²) in [7, 11) is 1.85. The molecule has 0 spiro atoms. The molecule has 0 bridgehead atoms. The molecule has 0 saturated carbocycles. The third-order valence-electron chi connectivity index (χ3n) is 3.06. The highest BCUT2D eigenvalue weighted by Crippen LogP contribution is 2.26. The maximum Gasteiger partial charge on any atom is 0.206 e. The Balaban J connectivity index is 1.79. The molecule has 2 rings (SSSR count). The van der Waals surface area contributed by atoms with Gasteiger partial charge in [0.2, 0.25) is 5.13 Å². The fraction of sp³-hybridized carbons (Fsp3) is 0.467. The summed E-state index contributed by atoms with van der Waals surface area (Å²) in [6.07, 6.45) is 0. The number of aryl methyl sites for hydroxylation is 1. The van der Waals surface area contributed by atoms with Crippen LogP contribution >= 0.6 is 23.1 Å². The van der Waals surface area contributed by atoms with Gasteiger partial charge in [0.25, 0.3) is 0 Å². The van der Waals surface area contributed by atoms with Crippen molar-refractivity contribution >= 4 is 28.2 Å². The molecule has 0 atom stereocenters. The predicted molar refractivity (Wildman–Crippen MR) is 90.9 cm³/mol. The van der Waals surface area contributed by atoms with Crippen LogP contribution in [0.2, 0.25) is 0 Å². The smallest absolute Gasteiger partial charge is 0.206 e. The molecule has 1 aromatic carbocycles. The highest BCUT2D eigenvalue weighted by Gasteiger charge is 2.06. The van der Waals surface area contributed by atoms with Gasteiger partial charge in [-0.3, -0.25) is 0 Å². The van der Waals surface area contributed by atoms with Crippen molar-refractivity contribution in [2.45, 2.75) is 31.0 Å². The van der Waals surface area contributed by atoms with Gasteiger partial charge >= 0.3 is 0 Å². The van der Waals surface area contributed by atoms with Crippen molar-refractivity contribution < 1.29 is 4.74 Å². The molecule has 0 unspecified atom stereocenters. The molecule has 0 aliphatic rings. The number of nitrogens with zero attached hydrogens (tertiary/aromatic N) is 2. The highest BCUT2D eigenvalue weighted by molar-refractivity contribution is 8.01. The Morgan fingerprint density at radius 3 is 2.76 bits per heavy atom. The fourth-order valence-electron chi connectivity index (χ4n) is 2.04. The van der Waals surface area contributed by atoms with E-state index in [-0.39, 0.29) is 0 Å². The van der Waals surface area contributed by atoms with Crippen molar-refractivity contribution in [3.05, 3.63) is 29.3 Å². The standard InChI is InChI=1S/C15H21N3OS2/c1-10(2)13-6-5-12(9-11(13)3)19-7-8-20-15-18-17-14(16-4)21-15/h5-6,9-10H,7-8H2,1-4H3,(H,16,17).